The lowest BCUT2D eigenvalue weighted by molar-refractivity contribution is 0.281. The van der Waals surface area contributed by atoms with Crippen LogP contribution in [-0.2, 0) is 25.9 Å². The molecule has 100 valence electrons. The molecule has 19 heavy (non-hydrogen) atoms. The van der Waals surface area contributed by atoms with Gasteiger partial charge in [-0.3, -0.25) is 4.90 Å². The molecule has 2 aliphatic heterocycles. The molecule has 0 amide bonds. The van der Waals surface area contributed by atoms with E-state index < -0.39 is 0 Å². The van der Waals surface area contributed by atoms with E-state index in [2.05, 4.69) is 36.0 Å². The number of rotatable bonds is 0. The van der Waals surface area contributed by atoms with Gasteiger partial charge in [0, 0.05) is 30.6 Å². The van der Waals surface area contributed by atoms with Gasteiger partial charge in [0.25, 0.3) is 0 Å². The van der Waals surface area contributed by atoms with E-state index >= 15 is 0 Å². The normalized spacial score (nSPS) is 20.5. The van der Waals surface area contributed by atoms with Crippen LogP contribution >= 0.6 is 0 Å². The summed E-state index contributed by atoms with van der Waals surface area (Å²) in [6.45, 7) is 4.32. The summed E-state index contributed by atoms with van der Waals surface area (Å²) in [5, 5.41) is 1.42. The third kappa shape index (κ3) is 1.72. The number of furan rings is 1. The van der Waals surface area contributed by atoms with E-state index in [1.165, 1.54) is 40.8 Å². The van der Waals surface area contributed by atoms with Crippen LogP contribution in [0.2, 0.25) is 0 Å². The molecule has 0 radical (unpaired) electrons. The minimum atomic E-state index is 0.953. The molecule has 4 rings (SSSR count). The number of hydrogen-bond donors (Lipinski definition) is 0. The summed E-state index contributed by atoms with van der Waals surface area (Å²) in [5.41, 5.74) is 5.60. The number of nitrogens with zero attached hydrogens (tertiary/aromatic N) is 2. The van der Waals surface area contributed by atoms with E-state index in [-0.39, 0.29) is 0 Å². The molecule has 0 saturated heterocycles. The van der Waals surface area contributed by atoms with Crippen molar-refractivity contribution in [2.24, 2.45) is 0 Å². The quantitative estimate of drug-likeness (QED) is 0.721. The first-order valence-electron chi connectivity index (χ1n) is 7.14. The van der Waals surface area contributed by atoms with E-state index in [1.807, 2.05) is 0 Å². The summed E-state index contributed by atoms with van der Waals surface area (Å²) in [6.07, 6.45) is 2.29. The average molecular weight is 256 g/mol. The molecule has 3 nitrogen and oxygen atoms in total. The Morgan fingerprint density at radius 3 is 2.63 bits per heavy atom. The lowest BCUT2D eigenvalue weighted by atomic mass is 9.92. The standard InChI is InChI=1S/C16H20N2O/c1-17-7-5-11-3-4-14-16(13(11)9-17)12-6-8-18(2)10-15(12)19-14/h3-4H,5-10H2,1-2H3. The van der Waals surface area contributed by atoms with Gasteiger partial charge in [-0.15, -0.1) is 0 Å². The monoisotopic (exact) mass is 256 g/mol. The van der Waals surface area contributed by atoms with E-state index in [9.17, 15) is 0 Å². The third-order valence-electron chi connectivity index (χ3n) is 4.59. The molecule has 3 heterocycles. The van der Waals surface area contributed by atoms with Crippen LogP contribution in [0.5, 0.6) is 0 Å². The highest BCUT2D eigenvalue weighted by Crippen LogP contribution is 2.35. The van der Waals surface area contributed by atoms with Gasteiger partial charge in [0.15, 0.2) is 0 Å². The van der Waals surface area contributed by atoms with Crippen molar-refractivity contribution in [3.8, 4) is 0 Å². The molecule has 3 heteroatoms. The highest BCUT2D eigenvalue weighted by atomic mass is 16.3. The largest absolute Gasteiger partial charge is 0.459 e. The fourth-order valence-corrected chi connectivity index (χ4v) is 3.51. The summed E-state index contributed by atoms with van der Waals surface area (Å²) in [6, 6.07) is 4.45. The smallest absolute Gasteiger partial charge is 0.134 e. The van der Waals surface area contributed by atoms with Crippen molar-refractivity contribution in [3.63, 3.8) is 0 Å². The molecule has 0 bridgehead atoms. The van der Waals surface area contributed by atoms with Gasteiger partial charge in [-0.05, 0) is 44.1 Å². The van der Waals surface area contributed by atoms with Crippen molar-refractivity contribution in [3.05, 3.63) is 34.6 Å². The van der Waals surface area contributed by atoms with Gasteiger partial charge in [-0.2, -0.15) is 0 Å². The van der Waals surface area contributed by atoms with Crippen molar-refractivity contribution in [1.82, 2.24) is 9.80 Å². The number of benzene rings is 1. The number of likely N-dealkylation sites (N-methyl/N-ethyl adjacent to an activating group) is 2. The zero-order chi connectivity index (χ0) is 13.0. The molecule has 0 spiro atoms. The van der Waals surface area contributed by atoms with Gasteiger partial charge in [0.1, 0.15) is 11.3 Å². The Morgan fingerprint density at radius 1 is 0.947 bits per heavy atom. The molecule has 0 fully saturated rings. The molecular formula is C16H20N2O. The average Bonchev–Trinajstić information content (AvgIpc) is 2.76. The fraction of sp³-hybridized carbons (Fsp3) is 0.500. The van der Waals surface area contributed by atoms with E-state index in [0.717, 1.165) is 31.6 Å². The lowest BCUT2D eigenvalue weighted by Gasteiger charge is -2.26. The van der Waals surface area contributed by atoms with Gasteiger partial charge < -0.3 is 9.32 Å². The molecule has 0 N–H and O–H groups in total. The van der Waals surface area contributed by atoms with Crippen molar-refractivity contribution >= 4 is 11.0 Å². The van der Waals surface area contributed by atoms with Crippen molar-refractivity contribution in [1.29, 1.82) is 0 Å². The van der Waals surface area contributed by atoms with Crippen LogP contribution in [0, 0.1) is 0 Å². The van der Waals surface area contributed by atoms with Crippen LogP contribution in [0.4, 0.5) is 0 Å². The Bertz CT molecular complexity index is 644. The van der Waals surface area contributed by atoms with Crippen LogP contribution in [0.3, 0.4) is 0 Å². The maximum atomic E-state index is 6.10. The summed E-state index contributed by atoms with van der Waals surface area (Å²) in [7, 11) is 4.38. The maximum Gasteiger partial charge on any atom is 0.134 e. The molecule has 2 aliphatic rings. The number of fused-ring (bicyclic) bond motifs is 5. The van der Waals surface area contributed by atoms with E-state index in [0.29, 0.717) is 0 Å². The van der Waals surface area contributed by atoms with Crippen molar-refractivity contribution < 1.29 is 4.42 Å². The van der Waals surface area contributed by atoms with E-state index in [1.54, 1.807) is 0 Å². The molecule has 1 aromatic carbocycles. The second-order valence-corrected chi connectivity index (χ2v) is 6.06. The first-order valence-corrected chi connectivity index (χ1v) is 7.14. The zero-order valence-electron chi connectivity index (χ0n) is 11.7. The van der Waals surface area contributed by atoms with Gasteiger partial charge >= 0.3 is 0 Å². The topological polar surface area (TPSA) is 19.6 Å². The van der Waals surface area contributed by atoms with Crippen LogP contribution in [-0.4, -0.2) is 37.0 Å². The predicted octanol–water partition coefficient (Wildman–Crippen LogP) is 2.41. The van der Waals surface area contributed by atoms with Gasteiger partial charge in [0.05, 0.1) is 6.54 Å². The number of hydrogen-bond acceptors (Lipinski definition) is 3. The van der Waals surface area contributed by atoms with Crippen LogP contribution in [0.25, 0.3) is 11.0 Å². The van der Waals surface area contributed by atoms with Crippen LogP contribution in [0.15, 0.2) is 16.5 Å². The zero-order valence-corrected chi connectivity index (χ0v) is 11.7. The lowest BCUT2D eigenvalue weighted by Crippen LogP contribution is -2.27. The highest BCUT2D eigenvalue weighted by molar-refractivity contribution is 5.87. The summed E-state index contributed by atoms with van der Waals surface area (Å²) < 4.78 is 6.10. The molecule has 0 atom stereocenters. The Hall–Kier alpha value is -1.32. The Morgan fingerprint density at radius 2 is 1.74 bits per heavy atom. The van der Waals surface area contributed by atoms with Crippen LogP contribution in [0.1, 0.15) is 22.5 Å². The maximum absolute atomic E-state index is 6.10. The summed E-state index contributed by atoms with van der Waals surface area (Å²) in [4.78, 5) is 4.75. The molecular weight excluding hydrogens is 236 g/mol. The molecule has 0 saturated carbocycles. The Balaban J connectivity index is 1.95. The Kier molecular flexibility index (Phi) is 2.47. The van der Waals surface area contributed by atoms with E-state index in [4.69, 9.17) is 4.42 Å². The van der Waals surface area contributed by atoms with Gasteiger partial charge in [-0.25, -0.2) is 0 Å². The second kappa shape index (κ2) is 4.09. The van der Waals surface area contributed by atoms with Crippen molar-refractivity contribution in [2.75, 3.05) is 27.2 Å². The molecule has 1 aromatic heterocycles. The SMILES string of the molecule is CN1CCc2c(oc3ccc4c(c23)CN(C)CC4)C1. The third-order valence-corrected chi connectivity index (χ3v) is 4.59. The Labute approximate surface area is 113 Å². The van der Waals surface area contributed by atoms with Crippen molar-refractivity contribution in [2.45, 2.75) is 25.9 Å². The predicted molar refractivity (Wildman–Crippen MR) is 76.3 cm³/mol. The summed E-state index contributed by atoms with van der Waals surface area (Å²) >= 11 is 0. The minimum Gasteiger partial charge on any atom is -0.459 e. The first-order chi connectivity index (χ1) is 9.22. The van der Waals surface area contributed by atoms with Gasteiger partial charge in [0.2, 0.25) is 0 Å². The van der Waals surface area contributed by atoms with Gasteiger partial charge in [-0.1, -0.05) is 6.07 Å². The second-order valence-electron chi connectivity index (χ2n) is 6.06. The van der Waals surface area contributed by atoms with Crippen LogP contribution < -0.4 is 0 Å². The molecule has 0 unspecified atom stereocenters. The first kappa shape index (κ1) is 11.5. The fourth-order valence-electron chi connectivity index (χ4n) is 3.51. The summed E-state index contributed by atoms with van der Waals surface area (Å²) in [5.74, 6) is 1.19. The molecule has 0 aliphatic carbocycles. The molecule has 2 aromatic rings. The highest BCUT2D eigenvalue weighted by Gasteiger charge is 2.25. The minimum absolute atomic E-state index is 0.953.